The van der Waals surface area contributed by atoms with Crippen LogP contribution >= 0.6 is 23.1 Å². The predicted molar refractivity (Wildman–Crippen MR) is 140 cm³/mol. The topological polar surface area (TPSA) is 47.6 Å². The molecule has 2 N–H and O–H groups in total. The van der Waals surface area contributed by atoms with Gasteiger partial charge in [0.15, 0.2) is 0 Å². The number of hydrogen-bond donors (Lipinski definition) is 2. The maximum Gasteiger partial charge on any atom is 0.265 e. The second-order valence-electron chi connectivity index (χ2n) is 8.96. The van der Waals surface area contributed by atoms with Crippen LogP contribution in [0.4, 0.5) is 5.69 Å². The van der Waals surface area contributed by atoms with E-state index < -0.39 is 0 Å². The first-order valence-electron chi connectivity index (χ1n) is 11.8. The fourth-order valence-electron chi connectivity index (χ4n) is 5.17. The zero-order valence-electron chi connectivity index (χ0n) is 19.2. The lowest BCUT2D eigenvalue weighted by Crippen LogP contribution is -3.00. The minimum Gasteiger partial charge on any atom is -1.00 e. The number of benzene rings is 2. The normalized spacial score (nSPS) is 21.5. The lowest BCUT2D eigenvalue weighted by Gasteiger charge is -2.28. The molecular formula is C28H27IN2O2S2. The molecule has 3 aliphatic rings. The van der Waals surface area contributed by atoms with E-state index in [-0.39, 0.29) is 37.4 Å². The van der Waals surface area contributed by atoms with Crippen LogP contribution in [0.3, 0.4) is 0 Å². The van der Waals surface area contributed by atoms with Crippen molar-refractivity contribution in [3.05, 3.63) is 93.5 Å². The van der Waals surface area contributed by atoms with E-state index in [4.69, 9.17) is 0 Å². The number of thiazole rings is 1. The van der Waals surface area contributed by atoms with Crippen molar-refractivity contribution in [3.63, 3.8) is 0 Å². The lowest BCUT2D eigenvalue weighted by molar-refractivity contribution is -0.703. The van der Waals surface area contributed by atoms with Gasteiger partial charge in [-0.15, -0.1) is 0 Å². The number of allylic oxidation sites excluding steroid dienone is 6. The molecule has 0 saturated heterocycles. The van der Waals surface area contributed by atoms with Crippen LogP contribution in [-0.2, 0) is 6.73 Å². The van der Waals surface area contributed by atoms with Crippen LogP contribution in [0.25, 0.3) is 16.3 Å². The average Bonchev–Trinajstić information content (AvgIpc) is 3.40. The molecule has 0 radical (unpaired) electrons. The molecule has 1 aromatic heterocycles. The number of para-hydroxylation sites is 2. The van der Waals surface area contributed by atoms with Crippen molar-refractivity contribution in [2.24, 2.45) is 5.92 Å². The fourth-order valence-corrected chi connectivity index (χ4v) is 7.43. The zero-order chi connectivity index (χ0) is 23.1. The summed E-state index contributed by atoms with van der Waals surface area (Å²) in [5, 5.41) is 22.2. The number of anilines is 1. The molecule has 0 bridgehead atoms. The van der Waals surface area contributed by atoms with Crippen molar-refractivity contribution < 1.29 is 38.8 Å². The van der Waals surface area contributed by atoms with Crippen molar-refractivity contribution in [2.75, 3.05) is 11.6 Å². The Morgan fingerprint density at radius 3 is 2.63 bits per heavy atom. The van der Waals surface area contributed by atoms with E-state index in [9.17, 15) is 10.2 Å². The van der Waals surface area contributed by atoms with Crippen LogP contribution in [0.2, 0.25) is 0 Å². The standard InChI is InChI=1S/C28H27N2O2S2.HI/c31-17-29-23-5-1-3-7-25(23)33-27(29)15-19-9-11-21-12-10-20(14-22(21)13-19)16-28-30(18-32)24-6-2-4-8-26(24)34-28;/h1-8,13-16,21,31-32H,9-12,17-18H2;1H/q+1;/p-1. The highest BCUT2D eigenvalue weighted by Crippen LogP contribution is 2.47. The molecule has 35 heavy (non-hydrogen) atoms. The van der Waals surface area contributed by atoms with E-state index in [2.05, 4.69) is 48.6 Å². The second kappa shape index (κ2) is 10.6. The summed E-state index contributed by atoms with van der Waals surface area (Å²) in [7, 11) is 0. The summed E-state index contributed by atoms with van der Waals surface area (Å²) in [6.45, 7) is -0.0251. The zero-order valence-corrected chi connectivity index (χ0v) is 23.0. The quantitative estimate of drug-likeness (QED) is 0.351. The van der Waals surface area contributed by atoms with E-state index >= 15 is 0 Å². The highest BCUT2D eigenvalue weighted by atomic mass is 127. The number of rotatable bonds is 4. The van der Waals surface area contributed by atoms with Crippen LogP contribution in [0, 0.1) is 5.92 Å². The molecule has 1 unspecified atom stereocenters. The maximum absolute atomic E-state index is 9.98. The van der Waals surface area contributed by atoms with Gasteiger partial charge < -0.3 is 39.1 Å². The fraction of sp³-hybridized carbons (Fsp3) is 0.250. The summed E-state index contributed by atoms with van der Waals surface area (Å²) in [6, 6.07) is 16.5. The summed E-state index contributed by atoms with van der Waals surface area (Å²) in [6.07, 6.45) is 13.7. The number of aliphatic hydroxyl groups excluding tert-OH is 2. The van der Waals surface area contributed by atoms with Crippen LogP contribution in [0.15, 0.2) is 93.4 Å². The van der Waals surface area contributed by atoms with Crippen molar-refractivity contribution in [3.8, 4) is 0 Å². The Hall–Kier alpha value is -1.91. The third-order valence-electron chi connectivity index (χ3n) is 6.91. The van der Waals surface area contributed by atoms with Gasteiger partial charge in [0, 0.05) is 17.0 Å². The van der Waals surface area contributed by atoms with Crippen molar-refractivity contribution in [1.29, 1.82) is 0 Å². The summed E-state index contributed by atoms with van der Waals surface area (Å²) < 4.78 is 3.18. The van der Waals surface area contributed by atoms with Crippen LogP contribution in [0.1, 0.15) is 30.7 Å². The number of aromatic nitrogens is 1. The van der Waals surface area contributed by atoms with E-state index in [1.165, 1.54) is 39.2 Å². The third-order valence-corrected chi connectivity index (χ3v) is 9.14. The lowest BCUT2D eigenvalue weighted by atomic mass is 9.77. The molecule has 0 amide bonds. The minimum atomic E-state index is -0.0125. The molecule has 6 rings (SSSR count). The van der Waals surface area contributed by atoms with Gasteiger partial charge in [0.25, 0.3) is 11.7 Å². The second-order valence-corrected chi connectivity index (χ2v) is 11.1. The maximum atomic E-state index is 9.98. The van der Waals surface area contributed by atoms with Gasteiger partial charge in [-0.25, -0.2) is 0 Å². The Labute approximate surface area is 231 Å². The summed E-state index contributed by atoms with van der Waals surface area (Å²) in [5.41, 5.74) is 6.22. The molecule has 1 aliphatic heterocycles. The number of halogens is 1. The number of thioether (sulfide) groups is 1. The smallest absolute Gasteiger partial charge is 0.265 e. The van der Waals surface area contributed by atoms with Gasteiger partial charge in [0.2, 0.25) is 5.52 Å². The van der Waals surface area contributed by atoms with E-state index in [0.29, 0.717) is 5.92 Å². The number of nitrogens with zero attached hydrogens (tertiary/aromatic N) is 2. The van der Waals surface area contributed by atoms with Gasteiger partial charge in [-0.1, -0.05) is 59.5 Å². The molecule has 7 heteroatoms. The van der Waals surface area contributed by atoms with Crippen molar-refractivity contribution in [1.82, 2.24) is 0 Å². The first-order chi connectivity index (χ1) is 16.7. The van der Waals surface area contributed by atoms with Crippen LogP contribution < -0.4 is 33.4 Å². The summed E-state index contributed by atoms with van der Waals surface area (Å²) in [5.74, 6) is 0.619. The number of hydrogen-bond acceptors (Lipinski definition) is 5. The SMILES string of the molecule is OCN1/C(=C/C2=CC3=C/C(=C/c4sc5ccccc5[n+]4CO)CCC3CC2)Sc2ccccc21.[I-]. The monoisotopic (exact) mass is 614 g/mol. The first kappa shape index (κ1) is 24.8. The van der Waals surface area contributed by atoms with Gasteiger partial charge >= 0.3 is 0 Å². The van der Waals surface area contributed by atoms with Gasteiger partial charge in [-0.3, -0.25) is 0 Å². The Morgan fingerprint density at radius 2 is 1.77 bits per heavy atom. The summed E-state index contributed by atoms with van der Waals surface area (Å²) >= 11 is 3.46. The molecule has 0 fully saturated rings. The molecule has 1 atom stereocenters. The van der Waals surface area contributed by atoms with Crippen LogP contribution in [0.5, 0.6) is 0 Å². The molecule has 2 aliphatic carbocycles. The molecule has 180 valence electrons. The molecule has 0 spiro atoms. The van der Waals surface area contributed by atoms with Gasteiger partial charge in [0.1, 0.15) is 11.4 Å². The third kappa shape index (κ3) is 4.76. The van der Waals surface area contributed by atoms with Gasteiger partial charge in [0.05, 0.1) is 10.7 Å². The Bertz CT molecular complexity index is 1390. The Kier molecular flexibility index (Phi) is 7.50. The van der Waals surface area contributed by atoms with Crippen molar-refractivity contribution >= 4 is 45.1 Å². The highest BCUT2D eigenvalue weighted by Gasteiger charge is 2.27. The Balaban J connectivity index is 0.00000253. The number of aliphatic hydroxyl groups is 2. The molecule has 0 saturated carbocycles. The Morgan fingerprint density at radius 1 is 0.971 bits per heavy atom. The van der Waals surface area contributed by atoms with Gasteiger partial charge in [-0.2, -0.15) is 4.57 Å². The van der Waals surface area contributed by atoms with E-state index in [1.807, 2.05) is 33.7 Å². The largest absolute Gasteiger partial charge is 1.00 e. The van der Waals surface area contributed by atoms with Gasteiger partial charge in [-0.05, 0) is 72.6 Å². The summed E-state index contributed by atoms with van der Waals surface area (Å²) in [4.78, 5) is 3.18. The molecule has 4 nitrogen and oxygen atoms in total. The molecular weight excluding hydrogens is 587 g/mol. The highest BCUT2D eigenvalue weighted by molar-refractivity contribution is 8.03. The predicted octanol–water partition coefficient (Wildman–Crippen LogP) is 2.99. The van der Waals surface area contributed by atoms with Crippen LogP contribution in [-0.4, -0.2) is 16.9 Å². The number of fused-ring (bicyclic) bond motifs is 3. The first-order valence-corrected chi connectivity index (χ1v) is 13.4. The van der Waals surface area contributed by atoms with Crippen molar-refractivity contribution in [2.45, 2.75) is 37.3 Å². The molecule has 2 heterocycles. The molecule has 2 aromatic carbocycles. The minimum absolute atomic E-state index is 0. The van der Waals surface area contributed by atoms with E-state index in [1.54, 1.807) is 23.1 Å². The van der Waals surface area contributed by atoms with E-state index in [0.717, 1.165) is 34.1 Å². The molecule has 3 aromatic rings. The average molecular weight is 615 g/mol.